The Kier molecular flexibility index (Phi) is 7.83. The van der Waals surface area contributed by atoms with Crippen LogP contribution in [0.4, 0.5) is 0 Å². The molecule has 0 atom stereocenters. The number of nitrogens with zero attached hydrogens (tertiary/aromatic N) is 5. The van der Waals surface area contributed by atoms with Gasteiger partial charge >= 0.3 is 21.1 Å². The molecule has 258 valence electrons. The summed E-state index contributed by atoms with van der Waals surface area (Å²) in [5.41, 5.74) is 10.1. The fourth-order valence-electron chi connectivity index (χ4n) is 7.40. The van der Waals surface area contributed by atoms with Gasteiger partial charge in [-0.3, -0.25) is 4.40 Å². The molecule has 4 heterocycles. The number of hydrogen-bond acceptors (Lipinski definition) is 3. The van der Waals surface area contributed by atoms with Crippen LogP contribution in [0.2, 0.25) is 0 Å². The van der Waals surface area contributed by atoms with Crippen LogP contribution in [0.3, 0.4) is 0 Å². The van der Waals surface area contributed by atoms with Gasteiger partial charge < -0.3 is 13.9 Å². The van der Waals surface area contributed by atoms with Crippen LogP contribution in [-0.4, -0.2) is 23.5 Å². The van der Waals surface area contributed by atoms with Crippen LogP contribution in [0, 0.1) is 12.1 Å². The summed E-state index contributed by atoms with van der Waals surface area (Å²) in [7, 11) is 0. The monoisotopic (exact) mass is 866 g/mol. The molecule has 0 spiro atoms. The summed E-state index contributed by atoms with van der Waals surface area (Å²) < 4.78 is 13.4. The van der Waals surface area contributed by atoms with Crippen molar-refractivity contribution >= 4 is 49.7 Å². The van der Waals surface area contributed by atoms with E-state index in [1.807, 2.05) is 30.5 Å². The summed E-state index contributed by atoms with van der Waals surface area (Å²) >= 11 is 0. The molecule has 0 unspecified atom stereocenters. The van der Waals surface area contributed by atoms with Gasteiger partial charge in [-0.25, -0.2) is 9.97 Å². The first kappa shape index (κ1) is 32.9. The van der Waals surface area contributed by atoms with Crippen LogP contribution in [0.5, 0.6) is 11.5 Å². The molecule has 6 aromatic carbocycles. The van der Waals surface area contributed by atoms with Gasteiger partial charge in [0.05, 0.1) is 22.1 Å². The van der Waals surface area contributed by atoms with E-state index < -0.39 is 0 Å². The smallest absolute Gasteiger partial charge is 0.509 e. The zero-order valence-corrected chi connectivity index (χ0v) is 31.6. The Morgan fingerprint density at radius 2 is 1.34 bits per heavy atom. The normalized spacial score (nSPS) is 11.9. The largest absolute Gasteiger partial charge is 2.00 e. The van der Waals surface area contributed by atoms with Crippen LogP contribution in [0.25, 0.3) is 72.3 Å². The predicted octanol–water partition coefficient (Wildman–Crippen LogP) is 11.3. The van der Waals surface area contributed by atoms with E-state index in [0.29, 0.717) is 11.5 Å². The molecule has 0 saturated carbocycles. The van der Waals surface area contributed by atoms with Gasteiger partial charge in [0.25, 0.3) is 0 Å². The molecule has 6 nitrogen and oxygen atoms in total. The summed E-state index contributed by atoms with van der Waals surface area (Å²) in [4.78, 5) is 9.94. The van der Waals surface area contributed by atoms with E-state index in [4.69, 9.17) is 14.7 Å². The van der Waals surface area contributed by atoms with Gasteiger partial charge in [-0.1, -0.05) is 116 Å². The molecule has 10 rings (SSSR count). The van der Waals surface area contributed by atoms with E-state index in [1.54, 1.807) is 0 Å². The number of imidazole rings is 2. The molecular formula is C46H33N5OPt. The van der Waals surface area contributed by atoms with Crippen LogP contribution in [0.15, 0.2) is 146 Å². The van der Waals surface area contributed by atoms with E-state index in [9.17, 15) is 0 Å². The Morgan fingerprint density at radius 3 is 2.15 bits per heavy atom. The molecule has 0 amide bonds. The number of rotatable bonds is 5. The molecule has 4 aromatic heterocycles. The van der Waals surface area contributed by atoms with Crippen molar-refractivity contribution in [3.63, 3.8) is 0 Å². The fourth-order valence-corrected chi connectivity index (χ4v) is 7.40. The summed E-state index contributed by atoms with van der Waals surface area (Å²) in [5.74, 6) is 2.85. The van der Waals surface area contributed by atoms with Crippen molar-refractivity contribution in [1.82, 2.24) is 23.5 Å². The first-order chi connectivity index (χ1) is 25.4. The van der Waals surface area contributed by atoms with E-state index in [1.165, 1.54) is 5.56 Å². The van der Waals surface area contributed by atoms with Crippen molar-refractivity contribution in [3.8, 4) is 34.1 Å². The first-order valence-corrected chi connectivity index (χ1v) is 17.5. The third-order valence-corrected chi connectivity index (χ3v) is 9.92. The molecule has 10 aromatic rings. The first-order valence-electron chi connectivity index (χ1n) is 17.5. The Balaban J connectivity index is 0.00000372. The minimum Gasteiger partial charge on any atom is -0.509 e. The second-order valence-corrected chi connectivity index (χ2v) is 14.2. The number of para-hydroxylation sites is 5. The number of pyridine rings is 1. The molecule has 7 heteroatoms. The van der Waals surface area contributed by atoms with Gasteiger partial charge in [-0.15, -0.1) is 29.7 Å². The summed E-state index contributed by atoms with van der Waals surface area (Å²) in [6.07, 6.45) is 1.90. The molecule has 53 heavy (non-hydrogen) atoms. The third-order valence-electron chi connectivity index (χ3n) is 9.92. The number of hydrogen-bond donors (Lipinski definition) is 0. The molecule has 0 fully saturated rings. The van der Waals surface area contributed by atoms with Crippen molar-refractivity contribution in [2.45, 2.75) is 26.2 Å². The van der Waals surface area contributed by atoms with E-state index in [0.717, 1.165) is 72.3 Å². The van der Waals surface area contributed by atoms with Crippen LogP contribution in [-0.2, 0) is 26.5 Å². The molecule has 0 N–H and O–H groups in total. The third kappa shape index (κ3) is 5.36. The minimum atomic E-state index is -0.0322. The standard InChI is InChI=1S/C46H33N5O.Pt/c1-46(2,3)31-24-25-47-44(26-31)50-38-20-9-7-18-34(38)36-28-35(30-14-5-4-6-15-30)43(29-42(36)50)52-33-17-13-16-32(27-33)49-40-22-11-12-23-41(40)51-39-21-10-8-19-37(39)48-45(49)51;/h4-26,28H,1-3H3;/q-2;+2. The molecule has 0 bridgehead atoms. The number of benzene rings is 6. The maximum Gasteiger partial charge on any atom is 2.00 e. The molecule has 0 saturated heterocycles. The fraction of sp³-hybridized carbons (Fsp3) is 0.0870. The Bertz CT molecular complexity index is 2980. The van der Waals surface area contributed by atoms with E-state index in [2.05, 4.69) is 162 Å². The summed E-state index contributed by atoms with van der Waals surface area (Å²) in [6.45, 7) is 6.68. The molecule has 0 aliphatic rings. The number of aromatic nitrogens is 5. The van der Waals surface area contributed by atoms with Crippen LogP contribution in [0.1, 0.15) is 26.3 Å². The van der Waals surface area contributed by atoms with Crippen LogP contribution < -0.4 is 4.74 Å². The molecule has 0 radical (unpaired) electrons. The van der Waals surface area contributed by atoms with E-state index in [-0.39, 0.29) is 26.5 Å². The van der Waals surface area contributed by atoms with Gasteiger partial charge in [-0.05, 0) is 58.8 Å². The quantitative estimate of drug-likeness (QED) is 0.162. The Labute approximate surface area is 321 Å². The Hall–Kier alpha value is -5.97. The van der Waals surface area contributed by atoms with E-state index >= 15 is 0 Å². The van der Waals surface area contributed by atoms with Gasteiger partial charge in [0.2, 0.25) is 5.78 Å². The Morgan fingerprint density at radius 1 is 0.623 bits per heavy atom. The molecule has 0 aliphatic carbocycles. The van der Waals surface area contributed by atoms with Crippen molar-refractivity contribution in [2.75, 3.05) is 0 Å². The van der Waals surface area contributed by atoms with Crippen LogP contribution >= 0.6 is 0 Å². The van der Waals surface area contributed by atoms with Crippen molar-refractivity contribution in [1.29, 1.82) is 0 Å². The summed E-state index contributed by atoms with van der Waals surface area (Å²) in [5, 5.41) is 2.21. The van der Waals surface area contributed by atoms with Crippen molar-refractivity contribution < 1.29 is 25.8 Å². The molecular weight excluding hydrogens is 834 g/mol. The number of fused-ring (bicyclic) bond motifs is 8. The summed E-state index contributed by atoms with van der Waals surface area (Å²) in [6, 6.07) is 55.3. The maximum absolute atomic E-state index is 6.87. The SMILES string of the molecule is CC(C)(C)c1ccnc(-n2c3[c-]c(Oc4[c-]c(-n5c6ccccc6n6c7ccccc7nc56)ccc4)c(-c4ccccc4)cc3c3ccccc32)c1.[Pt+2]. The van der Waals surface area contributed by atoms with Crippen molar-refractivity contribution in [2.24, 2.45) is 0 Å². The number of ether oxygens (including phenoxy) is 1. The molecule has 0 aliphatic heterocycles. The topological polar surface area (TPSA) is 49.3 Å². The van der Waals surface area contributed by atoms with Gasteiger partial charge in [0, 0.05) is 23.2 Å². The second kappa shape index (κ2) is 12.6. The average Bonchev–Trinajstić information content (AvgIpc) is 3.81. The van der Waals surface area contributed by atoms with Gasteiger partial charge in [0.15, 0.2) is 0 Å². The second-order valence-electron chi connectivity index (χ2n) is 14.2. The zero-order valence-electron chi connectivity index (χ0n) is 29.3. The van der Waals surface area contributed by atoms with Gasteiger partial charge in [0.1, 0.15) is 5.82 Å². The minimum absolute atomic E-state index is 0. The van der Waals surface area contributed by atoms with Gasteiger partial charge in [-0.2, -0.15) is 12.1 Å². The predicted molar refractivity (Wildman–Crippen MR) is 210 cm³/mol. The average molecular weight is 867 g/mol. The van der Waals surface area contributed by atoms with Crippen molar-refractivity contribution in [3.05, 3.63) is 163 Å². The maximum atomic E-state index is 6.87. The zero-order chi connectivity index (χ0) is 35.0.